The van der Waals surface area contributed by atoms with E-state index in [2.05, 4.69) is 49.5 Å². The van der Waals surface area contributed by atoms with Crippen molar-refractivity contribution in [1.29, 1.82) is 0 Å². The molecule has 1 aliphatic heterocycles. The van der Waals surface area contributed by atoms with E-state index in [1.807, 2.05) is 0 Å². The SMILES string of the molecule is C[C@@H](NC1CC2(CC[C@@H]1C)OCCO2)c1ccccc1. The second-order valence-corrected chi connectivity index (χ2v) is 6.23. The van der Waals surface area contributed by atoms with Gasteiger partial charge in [-0.05, 0) is 24.8 Å². The summed E-state index contributed by atoms with van der Waals surface area (Å²) in [4.78, 5) is 0. The van der Waals surface area contributed by atoms with E-state index >= 15 is 0 Å². The van der Waals surface area contributed by atoms with Crippen LogP contribution in [0, 0.1) is 5.92 Å². The second-order valence-electron chi connectivity index (χ2n) is 6.23. The van der Waals surface area contributed by atoms with Gasteiger partial charge in [0, 0.05) is 24.9 Å². The number of ether oxygens (including phenoxy) is 2. The molecular formula is C17H25NO2. The van der Waals surface area contributed by atoms with Gasteiger partial charge in [0.25, 0.3) is 0 Å². The van der Waals surface area contributed by atoms with E-state index in [0.29, 0.717) is 18.0 Å². The van der Waals surface area contributed by atoms with Crippen molar-refractivity contribution in [3.8, 4) is 0 Å². The Hall–Kier alpha value is -0.900. The lowest BCUT2D eigenvalue weighted by atomic mass is 9.81. The normalized spacial score (nSPS) is 30.5. The minimum Gasteiger partial charge on any atom is -0.347 e. The first-order chi connectivity index (χ1) is 9.69. The summed E-state index contributed by atoms with van der Waals surface area (Å²) in [7, 11) is 0. The van der Waals surface area contributed by atoms with Crippen LogP contribution in [0.2, 0.25) is 0 Å². The largest absolute Gasteiger partial charge is 0.347 e. The van der Waals surface area contributed by atoms with Crippen molar-refractivity contribution in [2.75, 3.05) is 13.2 Å². The first-order valence-corrected chi connectivity index (χ1v) is 7.77. The lowest BCUT2D eigenvalue weighted by Crippen LogP contribution is -2.49. The molecule has 1 aliphatic carbocycles. The Labute approximate surface area is 121 Å². The first kappa shape index (κ1) is 14.1. The highest BCUT2D eigenvalue weighted by atomic mass is 16.7. The number of benzene rings is 1. The highest BCUT2D eigenvalue weighted by molar-refractivity contribution is 5.18. The summed E-state index contributed by atoms with van der Waals surface area (Å²) in [5.41, 5.74) is 1.34. The molecule has 0 bridgehead atoms. The van der Waals surface area contributed by atoms with Gasteiger partial charge in [0.2, 0.25) is 0 Å². The van der Waals surface area contributed by atoms with Gasteiger partial charge in [-0.25, -0.2) is 0 Å². The minimum absolute atomic E-state index is 0.305. The third-order valence-electron chi connectivity index (χ3n) is 4.78. The van der Waals surface area contributed by atoms with E-state index in [4.69, 9.17) is 9.47 Å². The lowest BCUT2D eigenvalue weighted by molar-refractivity contribution is -0.188. The van der Waals surface area contributed by atoms with Gasteiger partial charge in [-0.3, -0.25) is 0 Å². The van der Waals surface area contributed by atoms with Crippen molar-refractivity contribution in [3.63, 3.8) is 0 Å². The number of rotatable bonds is 3. The van der Waals surface area contributed by atoms with Crippen LogP contribution in [0.25, 0.3) is 0 Å². The monoisotopic (exact) mass is 275 g/mol. The van der Waals surface area contributed by atoms with Crippen LogP contribution in [0.3, 0.4) is 0 Å². The molecule has 1 saturated heterocycles. The molecule has 1 aromatic rings. The van der Waals surface area contributed by atoms with E-state index in [-0.39, 0.29) is 5.79 Å². The molecule has 0 aromatic heterocycles. The molecule has 3 atom stereocenters. The fourth-order valence-electron chi connectivity index (χ4n) is 3.43. The van der Waals surface area contributed by atoms with Gasteiger partial charge in [-0.15, -0.1) is 0 Å². The Balaban J connectivity index is 1.66. The molecule has 3 nitrogen and oxygen atoms in total. The van der Waals surface area contributed by atoms with Gasteiger partial charge in [0.1, 0.15) is 0 Å². The van der Waals surface area contributed by atoms with Crippen molar-refractivity contribution >= 4 is 0 Å². The van der Waals surface area contributed by atoms with Crippen molar-refractivity contribution in [2.24, 2.45) is 5.92 Å². The van der Waals surface area contributed by atoms with Crippen LogP contribution in [0.5, 0.6) is 0 Å². The Bertz CT molecular complexity index is 428. The highest BCUT2D eigenvalue weighted by Gasteiger charge is 2.44. The van der Waals surface area contributed by atoms with E-state index in [1.165, 1.54) is 12.0 Å². The van der Waals surface area contributed by atoms with Gasteiger partial charge < -0.3 is 14.8 Å². The maximum atomic E-state index is 5.89. The van der Waals surface area contributed by atoms with Crippen LogP contribution in [0.4, 0.5) is 0 Å². The standard InChI is InChI=1S/C17H25NO2/c1-13-8-9-17(19-10-11-20-17)12-16(13)18-14(2)15-6-4-3-5-7-15/h3-7,13-14,16,18H,8-12H2,1-2H3/t13-,14+,16?/m0/s1. The van der Waals surface area contributed by atoms with E-state index in [1.54, 1.807) is 0 Å². The predicted molar refractivity (Wildman–Crippen MR) is 79.4 cm³/mol. The van der Waals surface area contributed by atoms with Crippen molar-refractivity contribution in [3.05, 3.63) is 35.9 Å². The average molecular weight is 275 g/mol. The summed E-state index contributed by atoms with van der Waals surface area (Å²) in [5.74, 6) is 0.361. The van der Waals surface area contributed by atoms with E-state index < -0.39 is 0 Å². The molecule has 3 heteroatoms. The number of nitrogens with one attached hydrogen (secondary N) is 1. The summed E-state index contributed by atoms with van der Waals surface area (Å²) in [6.45, 7) is 6.06. The van der Waals surface area contributed by atoms with Crippen molar-refractivity contribution in [1.82, 2.24) is 5.32 Å². The van der Waals surface area contributed by atoms with Crippen LogP contribution in [-0.2, 0) is 9.47 Å². The molecule has 1 aromatic carbocycles. The Morgan fingerprint density at radius 1 is 1.20 bits per heavy atom. The molecule has 2 fully saturated rings. The Kier molecular flexibility index (Phi) is 4.11. The highest BCUT2D eigenvalue weighted by Crippen LogP contribution is 2.39. The van der Waals surface area contributed by atoms with Crippen LogP contribution in [0.1, 0.15) is 44.7 Å². The predicted octanol–water partition coefficient (Wildman–Crippen LogP) is 3.27. The number of hydrogen-bond donors (Lipinski definition) is 1. The van der Waals surface area contributed by atoms with Gasteiger partial charge in [-0.1, -0.05) is 37.3 Å². The molecule has 0 amide bonds. The minimum atomic E-state index is -0.305. The Morgan fingerprint density at radius 3 is 2.60 bits per heavy atom. The summed E-state index contributed by atoms with van der Waals surface area (Å²) in [6, 6.07) is 11.4. The van der Waals surface area contributed by atoms with Gasteiger partial charge in [-0.2, -0.15) is 0 Å². The molecule has 1 heterocycles. The molecule has 1 saturated carbocycles. The second kappa shape index (κ2) is 5.84. The maximum Gasteiger partial charge on any atom is 0.170 e. The molecular weight excluding hydrogens is 250 g/mol. The van der Waals surface area contributed by atoms with E-state index in [0.717, 1.165) is 26.1 Å². The van der Waals surface area contributed by atoms with Crippen molar-refractivity contribution in [2.45, 2.75) is 51.0 Å². The molecule has 1 N–H and O–H groups in total. The lowest BCUT2D eigenvalue weighted by Gasteiger charge is -2.41. The molecule has 1 unspecified atom stereocenters. The third kappa shape index (κ3) is 2.90. The molecule has 2 aliphatic rings. The molecule has 0 radical (unpaired) electrons. The summed E-state index contributed by atoms with van der Waals surface area (Å²) in [5, 5.41) is 3.78. The van der Waals surface area contributed by atoms with Crippen LogP contribution < -0.4 is 5.32 Å². The molecule has 3 rings (SSSR count). The quantitative estimate of drug-likeness (QED) is 0.918. The zero-order valence-corrected chi connectivity index (χ0v) is 12.5. The molecule has 20 heavy (non-hydrogen) atoms. The Morgan fingerprint density at radius 2 is 1.90 bits per heavy atom. The smallest absolute Gasteiger partial charge is 0.170 e. The zero-order chi connectivity index (χ0) is 14.0. The topological polar surface area (TPSA) is 30.5 Å². The van der Waals surface area contributed by atoms with Crippen molar-refractivity contribution < 1.29 is 9.47 Å². The molecule has 1 spiro atoms. The summed E-state index contributed by atoms with van der Waals surface area (Å²) in [6.07, 6.45) is 3.16. The summed E-state index contributed by atoms with van der Waals surface area (Å²) < 4.78 is 11.8. The van der Waals surface area contributed by atoms with Crippen LogP contribution in [-0.4, -0.2) is 25.0 Å². The molecule has 110 valence electrons. The van der Waals surface area contributed by atoms with Crippen LogP contribution >= 0.6 is 0 Å². The first-order valence-electron chi connectivity index (χ1n) is 7.77. The summed E-state index contributed by atoms with van der Waals surface area (Å²) >= 11 is 0. The maximum absolute atomic E-state index is 5.89. The van der Waals surface area contributed by atoms with Gasteiger partial charge in [0.05, 0.1) is 13.2 Å². The van der Waals surface area contributed by atoms with Gasteiger partial charge in [0.15, 0.2) is 5.79 Å². The average Bonchev–Trinajstić information content (AvgIpc) is 2.92. The zero-order valence-electron chi connectivity index (χ0n) is 12.5. The fraction of sp³-hybridized carbons (Fsp3) is 0.647. The third-order valence-corrected chi connectivity index (χ3v) is 4.78. The fourth-order valence-corrected chi connectivity index (χ4v) is 3.43. The van der Waals surface area contributed by atoms with E-state index in [9.17, 15) is 0 Å². The number of hydrogen-bond acceptors (Lipinski definition) is 3. The van der Waals surface area contributed by atoms with Crippen LogP contribution in [0.15, 0.2) is 30.3 Å². The van der Waals surface area contributed by atoms with Gasteiger partial charge >= 0.3 is 0 Å².